The first kappa shape index (κ1) is 36.5. The molecule has 1 saturated heterocycles. The molecule has 16 nitrogen and oxygen atoms in total. The number of aromatic nitrogens is 2. The number of hydrogen-bond donors (Lipinski definition) is 6. The van der Waals surface area contributed by atoms with Crippen molar-refractivity contribution in [3.8, 4) is 0 Å². The van der Waals surface area contributed by atoms with Gasteiger partial charge in [-0.25, -0.2) is 4.79 Å². The number of nitrogens with one attached hydrogen (secondary N) is 2. The van der Waals surface area contributed by atoms with E-state index in [4.69, 9.17) is 24.7 Å². The Morgan fingerprint density at radius 1 is 1.06 bits per heavy atom. The van der Waals surface area contributed by atoms with Gasteiger partial charge in [-0.1, -0.05) is 57.2 Å². The lowest BCUT2D eigenvalue weighted by Gasteiger charge is -2.35. The SMILES string of the molecule is CCCCCCCCC(=O)O[C@@H]1[C@H](CO)[C@@H]([C@@H](O[C@H]2OC(C(=O)Nc3ccccc3)=C[C@H](O)[C@@H]2O)C(N)=O)O[C@H]1n1ccc(=O)[nH]c1=O. The maximum Gasteiger partial charge on any atom is 0.330 e. The molecule has 0 radical (unpaired) electrons. The molecule has 2 aromatic rings. The van der Waals surface area contributed by atoms with Crippen LogP contribution in [0.3, 0.4) is 0 Å². The van der Waals surface area contributed by atoms with Crippen molar-refractivity contribution < 1.29 is 48.7 Å². The van der Waals surface area contributed by atoms with Crippen molar-refractivity contribution in [1.29, 1.82) is 0 Å². The second-order valence-electron chi connectivity index (χ2n) is 11.6. The highest BCUT2D eigenvalue weighted by molar-refractivity contribution is 6.02. The molecule has 1 aromatic carbocycles. The number of amides is 2. The fourth-order valence-electron chi connectivity index (χ4n) is 5.55. The van der Waals surface area contributed by atoms with Gasteiger partial charge in [0.15, 0.2) is 24.2 Å². The van der Waals surface area contributed by atoms with E-state index in [-0.39, 0.29) is 6.42 Å². The van der Waals surface area contributed by atoms with Crippen LogP contribution in [-0.4, -0.2) is 86.1 Å². The highest BCUT2D eigenvalue weighted by atomic mass is 16.7. The molecule has 7 N–H and O–H groups in total. The van der Waals surface area contributed by atoms with E-state index < -0.39 is 90.4 Å². The van der Waals surface area contributed by atoms with E-state index in [1.54, 1.807) is 30.3 Å². The number of nitrogens with two attached hydrogens (primary N) is 1. The molecular weight excluding hydrogens is 632 g/mol. The van der Waals surface area contributed by atoms with Crippen molar-refractivity contribution >= 4 is 23.5 Å². The average Bonchev–Trinajstić information content (AvgIpc) is 3.40. The second kappa shape index (κ2) is 17.2. The summed E-state index contributed by atoms with van der Waals surface area (Å²) in [5.74, 6) is -4.26. The van der Waals surface area contributed by atoms with Crippen molar-refractivity contribution in [2.24, 2.45) is 11.7 Å². The first-order valence-electron chi connectivity index (χ1n) is 15.9. The third-order valence-corrected chi connectivity index (χ3v) is 8.07. The molecule has 1 fully saturated rings. The van der Waals surface area contributed by atoms with Gasteiger partial charge in [0.25, 0.3) is 11.5 Å². The molecule has 3 heterocycles. The zero-order valence-electron chi connectivity index (χ0n) is 26.4. The monoisotopic (exact) mass is 674 g/mol. The van der Waals surface area contributed by atoms with Gasteiger partial charge < -0.3 is 45.3 Å². The van der Waals surface area contributed by atoms with Crippen LogP contribution in [0.4, 0.5) is 5.69 Å². The Balaban J connectivity index is 1.56. The summed E-state index contributed by atoms with van der Waals surface area (Å²) in [4.78, 5) is 65.2. The first-order valence-corrected chi connectivity index (χ1v) is 15.9. The number of carbonyl (C=O) groups excluding carboxylic acids is 3. The number of nitrogens with zero attached hydrogens (tertiary/aromatic N) is 1. The first-order chi connectivity index (χ1) is 23.0. The molecule has 0 unspecified atom stereocenters. The zero-order chi connectivity index (χ0) is 34.8. The van der Waals surface area contributed by atoms with Crippen LogP contribution in [0.2, 0.25) is 0 Å². The van der Waals surface area contributed by atoms with Crippen LogP contribution in [0.5, 0.6) is 0 Å². The summed E-state index contributed by atoms with van der Waals surface area (Å²) in [7, 11) is 0. The number of aliphatic hydroxyl groups excluding tert-OH is 3. The normalized spacial score (nSPS) is 25.8. The summed E-state index contributed by atoms with van der Waals surface area (Å²) >= 11 is 0. The molecule has 16 heteroatoms. The molecule has 2 aliphatic rings. The topological polar surface area (TPSA) is 242 Å². The van der Waals surface area contributed by atoms with Gasteiger partial charge in [-0.2, -0.15) is 0 Å². The van der Waals surface area contributed by atoms with Crippen LogP contribution in [0, 0.1) is 5.92 Å². The lowest BCUT2D eigenvalue weighted by atomic mass is 9.94. The number of aliphatic hydroxyl groups is 3. The number of para-hydroxylation sites is 1. The van der Waals surface area contributed by atoms with Crippen molar-refractivity contribution in [2.75, 3.05) is 11.9 Å². The van der Waals surface area contributed by atoms with E-state index in [1.807, 2.05) is 0 Å². The summed E-state index contributed by atoms with van der Waals surface area (Å²) in [6.07, 6.45) is -3.93. The Morgan fingerprint density at radius 2 is 1.77 bits per heavy atom. The predicted octanol–water partition coefficient (Wildman–Crippen LogP) is 0.176. The van der Waals surface area contributed by atoms with Crippen LogP contribution in [-0.2, 0) is 33.3 Å². The van der Waals surface area contributed by atoms with Crippen molar-refractivity contribution in [1.82, 2.24) is 9.55 Å². The van der Waals surface area contributed by atoms with Gasteiger partial charge in [0.1, 0.15) is 18.3 Å². The number of unbranched alkanes of at least 4 members (excludes halogenated alkanes) is 5. The number of carbonyl (C=O) groups is 3. The van der Waals surface area contributed by atoms with Crippen LogP contribution in [0.1, 0.15) is 58.1 Å². The lowest BCUT2D eigenvalue weighted by molar-refractivity contribution is -0.239. The van der Waals surface area contributed by atoms with Gasteiger partial charge in [-0.3, -0.25) is 28.7 Å². The zero-order valence-corrected chi connectivity index (χ0v) is 26.4. The van der Waals surface area contributed by atoms with Crippen molar-refractivity contribution in [2.45, 2.75) is 94.9 Å². The predicted molar refractivity (Wildman–Crippen MR) is 168 cm³/mol. The minimum atomic E-state index is -1.84. The molecule has 0 bridgehead atoms. The largest absolute Gasteiger partial charge is 0.457 e. The molecule has 4 rings (SSSR count). The van der Waals surface area contributed by atoms with E-state index in [0.29, 0.717) is 12.1 Å². The summed E-state index contributed by atoms with van der Waals surface area (Å²) in [5, 5.41) is 34.2. The number of esters is 1. The van der Waals surface area contributed by atoms with Crippen LogP contribution < -0.4 is 22.3 Å². The molecule has 1 aromatic heterocycles. The smallest absolute Gasteiger partial charge is 0.330 e. The Hall–Kier alpha value is -4.35. The number of rotatable bonds is 16. The molecular formula is C32H42N4O12. The number of ether oxygens (including phenoxy) is 4. The fourth-order valence-corrected chi connectivity index (χ4v) is 5.55. The molecule has 48 heavy (non-hydrogen) atoms. The van der Waals surface area contributed by atoms with Gasteiger partial charge in [0.05, 0.1) is 12.5 Å². The summed E-state index contributed by atoms with van der Waals surface area (Å²) in [5.41, 5.74) is 4.46. The molecule has 2 amide bonds. The number of aromatic amines is 1. The highest BCUT2D eigenvalue weighted by Crippen LogP contribution is 2.39. The number of primary amides is 1. The minimum Gasteiger partial charge on any atom is -0.457 e. The van der Waals surface area contributed by atoms with Gasteiger partial charge in [0, 0.05) is 24.4 Å². The van der Waals surface area contributed by atoms with E-state index >= 15 is 0 Å². The average molecular weight is 675 g/mol. The maximum absolute atomic E-state index is 13.0. The molecule has 0 aliphatic carbocycles. The van der Waals surface area contributed by atoms with Crippen LogP contribution in [0.25, 0.3) is 0 Å². The quantitative estimate of drug-likeness (QED) is 0.103. The Bertz CT molecular complexity index is 1540. The van der Waals surface area contributed by atoms with Crippen molar-refractivity contribution in [3.05, 3.63) is 75.3 Å². The Morgan fingerprint density at radius 3 is 2.44 bits per heavy atom. The number of benzene rings is 1. The number of H-pyrrole nitrogens is 1. The molecule has 8 atom stereocenters. The molecule has 2 aliphatic heterocycles. The van der Waals surface area contributed by atoms with Gasteiger partial charge in [0.2, 0.25) is 12.2 Å². The second-order valence-corrected chi connectivity index (χ2v) is 11.6. The van der Waals surface area contributed by atoms with Crippen LogP contribution >= 0.6 is 0 Å². The van der Waals surface area contributed by atoms with Gasteiger partial charge >= 0.3 is 11.7 Å². The van der Waals surface area contributed by atoms with E-state index in [0.717, 1.165) is 55.0 Å². The van der Waals surface area contributed by atoms with E-state index in [1.165, 1.54) is 0 Å². The van der Waals surface area contributed by atoms with E-state index in [2.05, 4.69) is 17.2 Å². The molecule has 0 spiro atoms. The number of hydrogen-bond acceptors (Lipinski definition) is 12. The van der Waals surface area contributed by atoms with Gasteiger partial charge in [-0.05, 0) is 24.6 Å². The highest BCUT2D eigenvalue weighted by Gasteiger charge is 2.54. The van der Waals surface area contributed by atoms with Gasteiger partial charge in [-0.15, -0.1) is 0 Å². The number of anilines is 1. The van der Waals surface area contributed by atoms with Crippen molar-refractivity contribution in [3.63, 3.8) is 0 Å². The fraction of sp³-hybridized carbons (Fsp3) is 0.531. The van der Waals surface area contributed by atoms with Crippen LogP contribution in [0.15, 0.2) is 64.0 Å². The maximum atomic E-state index is 13.0. The molecule has 0 saturated carbocycles. The Kier molecular flexibility index (Phi) is 13.0. The molecule has 262 valence electrons. The standard InChI is InChI=1S/C32H42N4O12/c1-2-3-4-5-6-10-13-23(40)46-26-19(17-37)25(47-30(26)36-15-14-22(39)35-32(36)44)27(28(33)42)48-31-24(41)20(38)16-21(45-31)29(43)34-18-11-8-7-9-12-18/h7-9,11-12,14-16,19-20,24-27,30-31,37-38,41H,2-6,10,13,17H2,1H3,(H2,33,42)(H,34,43)(H,35,39,44)/t19-,20+,24+,25+,26-,27-,30-,31-/m1/s1. The summed E-state index contributed by atoms with van der Waals surface area (Å²) < 4.78 is 23.9. The summed E-state index contributed by atoms with van der Waals surface area (Å²) in [6, 6.07) is 9.35. The third kappa shape index (κ3) is 9.17. The Labute approximate surface area is 275 Å². The lowest BCUT2D eigenvalue weighted by Crippen LogP contribution is -2.53. The minimum absolute atomic E-state index is 0.0363. The van der Waals surface area contributed by atoms with E-state index in [9.17, 15) is 39.3 Å². The third-order valence-electron chi connectivity index (χ3n) is 8.07. The summed E-state index contributed by atoms with van der Waals surface area (Å²) in [6.45, 7) is 1.35.